The quantitative estimate of drug-likeness (QED) is 0.762. The minimum absolute atomic E-state index is 0.0416. The lowest BCUT2D eigenvalue weighted by Gasteiger charge is -2.09. The summed E-state index contributed by atoms with van der Waals surface area (Å²) in [7, 11) is 1.60. The number of rotatable bonds is 2. The van der Waals surface area contributed by atoms with Crippen LogP contribution in [0.25, 0.3) is 0 Å². The molecule has 1 N–H and O–H groups in total. The Balaban J connectivity index is 2.96. The van der Waals surface area contributed by atoms with E-state index in [9.17, 15) is 4.79 Å². The molecule has 72 valence electrons. The van der Waals surface area contributed by atoms with E-state index < -0.39 is 0 Å². The molecule has 14 heavy (non-hydrogen) atoms. The van der Waals surface area contributed by atoms with Crippen molar-refractivity contribution in [2.75, 3.05) is 7.05 Å². The van der Waals surface area contributed by atoms with Crippen molar-refractivity contribution in [1.82, 2.24) is 5.32 Å². The maximum absolute atomic E-state index is 11.3. The molecule has 3 nitrogen and oxygen atoms in total. The second-order valence-electron chi connectivity index (χ2n) is 3.07. The van der Waals surface area contributed by atoms with Gasteiger partial charge in [-0.25, -0.2) is 0 Å². The van der Waals surface area contributed by atoms with Gasteiger partial charge in [0.05, 0.1) is 17.6 Å². The van der Waals surface area contributed by atoms with Gasteiger partial charge in [0.15, 0.2) is 0 Å². The van der Waals surface area contributed by atoms with E-state index in [1.165, 1.54) is 0 Å². The third kappa shape index (κ3) is 2.11. The number of hydrogen-bond acceptors (Lipinski definition) is 2. The number of nitrogens with zero attached hydrogens (tertiary/aromatic N) is 1. The Kier molecular flexibility index (Phi) is 3.24. The molecule has 0 heterocycles. The van der Waals surface area contributed by atoms with Gasteiger partial charge in [0, 0.05) is 7.05 Å². The molecule has 0 aliphatic rings. The first kappa shape index (κ1) is 10.3. The van der Waals surface area contributed by atoms with Crippen molar-refractivity contribution < 1.29 is 4.79 Å². The smallest absolute Gasteiger partial charge is 0.227 e. The molecule has 0 aliphatic heterocycles. The van der Waals surface area contributed by atoms with E-state index in [-0.39, 0.29) is 11.8 Å². The largest absolute Gasteiger partial charge is 0.359 e. The summed E-state index contributed by atoms with van der Waals surface area (Å²) in [6.45, 7) is 1.81. The summed E-state index contributed by atoms with van der Waals surface area (Å²) < 4.78 is 0. The van der Waals surface area contributed by atoms with Crippen LogP contribution in [-0.2, 0) is 4.79 Å². The molecule has 1 rings (SSSR count). The summed E-state index contributed by atoms with van der Waals surface area (Å²) in [5, 5.41) is 11.3. The van der Waals surface area contributed by atoms with E-state index in [0.717, 1.165) is 5.56 Å². The predicted octanol–water partition coefficient (Wildman–Crippen LogP) is 1.41. The number of nitriles is 1. The highest BCUT2D eigenvalue weighted by Crippen LogP contribution is 2.16. The second-order valence-corrected chi connectivity index (χ2v) is 3.07. The first-order chi connectivity index (χ1) is 6.69. The van der Waals surface area contributed by atoms with Crippen LogP contribution in [0.5, 0.6) is 0 Å². The number of carbonyl (C=O) groups excluding carboxylic acids is 1. The fourth-order valence-electron chi connectivity index (χ4n) is 1.25. The van der Waals surface area contributed by atoms with E-state index in [0.29, 0.717) is 5.56 Å². The molecular weight excluding hydrogens is 176 g/mol. The van der Waals surface area contributed by atoms with E-state index in [2.05, 4.69) is 5.32 Å². The molecule has 0 spiro atoms. The Morgan fingerprint density at radius 1 is 1.57 bits per heavy atom. The number of carbonyl (C=O) groups is 1. The summed E-state index contributed by atoms with van der Waals surface area (Å²) in [6.07, 6.45) is 0. The lowest BCUT2D eigenvalue weighted by molar-refractivity contribution is -0.121. The first-order valence-corrected chi connectivity index (χ1v) is 4.40. The van der Waals surface area contributed by atoms with Gasteiger partial charge >= 0.3 is 0 Å². The molecule has 1 atom stereocenters. The van der Waals surface area contributed by atoms with Gasteiger partial charge in [0.2, 0.25) is 5.91 Å². The number of nitrogens with one attached hydrogen (secondary N) is 1. The molecular formula is C11H12N2O. The monoisotopic (exact) mass is 188 g/mol. The van der Waals surface area contributed by atoms with Gasteiger partial charge in [-0.05, 0) is 24.6 Å². The highest BCUT2D eigenvalue weighted by molar-refractivity contribution is 5.82. The molecule has 0 bridgehead atoms. The van der Waals surface area contributed by atoms with Crippen LogP contribution in [0.3, 0.4) is 0 Å². The van der Waals surface area contributed by atoms with Gasteiger partial charge in [-0.3, -0.25) is 4.79 Å². The molecule has 0 fully saturated rings. The third-order valence-corrected chi connectivity index (χ3v) is 2.16. The molecule has 0 aromatic heterocycles. The van der Waals surface area contributed by atoms with Crippen LogP contribution >= 0.6 is 0 Å². The van der Waals surface area contributed by atoms with Crippen molar-refractivity contribution in [3.05, 3.63) is 35.4 Å². The Hall–Kier alpha value is -1.82. The van der Waals surface area contributed by atoms with Gasteiger partial charge in [-0.15, -0.1) is 0 Å². The Morgan fingerprint density at radius 3 is 2.86 bits per heavy atom. The number of benzene rings is 1. The van der Waals surface area contributed by atoms with Gasteiger partial charge in [0.25, 0.3) is 0 Å². The molecule has 1 aromatic rings. The van der Waals surface area contributed by atoms with Crippen LogP contribution in [0.2, 0.25) is 0 Å². The van der Waals surface area contributed by atoms with Crippen molar-refractivity contribution >= 4 is 5.91 Å². The third-order valence-electron chi connectivity index (χ3n) is 2.16. The Labute approximate surface area is 83.4 Å². The lowest BCUT2D eigenvalue weighted by atomic mass is 9.99. The zero-order valence-electron chi connectivity index (χ0n) is 8.24. The molecule has 0 saturated heterocycles. The van der Waals surface area contributed by atoms with Crippen LogP contribution in [0.15, 0.2) is 24.3 Å². The van der Waals surface area contributed by atoms with Crippen LogP contribution < -0.4 is 5.32 Å². The number of amides is 1. The maximum Gasteiger partial charge on any atom is 0.227 e. The summed E-state index contributed by atoms with van der Waals surface area (Å²) in [5.74, 6) is -0.256. The summed E-state index contributed by atoms with van der Waals surface area (Å²) >= 11 is 0. The SMILES string of the molecule is CNC(=O)C(C)c1cccc(C#N)c1. The Bertz CT molecular complexity index is 379. The van der Waals surface area contributed by atoms with E-state index in [1.807, 2.05) is 19.1 Å². The van der Waals surface area contributed by atoms with E-state index >= 15 is 0 Å². The molecule has 0 saturated carbocycles. The average Bonchev–Trinajstić information content (AvgIpc) is 2.27. The number of hydrogen-bond donors (Lipinski definition) is 1. The van der Waals surface area contributed by atoms with E-state index in [1.54, 1.807) is 25.2 Å². The van der Waals surface area contributed by atoms with Crippen molar-refractivity contribution in [1.29, 1.82) is 5.26 Å². The van der Waals surface area contributed by atoms with Crippen LogP contribution in [0, 0.1) is 11.3 Å². The van der Waals surface area contributed by atoms with Crippen LogP contribution in [-0.4, -0.2) is 13.0 Å². The standard InChI is InChI=1S/C11H12N2O/c1-8(11(14)13-2)10-5-3-4-9(6-10)7-12/h3-6,8H,1-2H3,(H,13,14). The molecule has 3 heteroatoms. The molecule has 0 aliphatic carbocycles. The second kappa shape index (κ2) is 4.43. The van der Waals surface area contributed by atoms with Crippen molar-refractivity contribution in [2.45, 2.75) is 12.8 Å². The zero-order valence-corrected chi connectivity index (χ0v) is 8.24. The van der Waals surface area contributed by atoms with Crippen molar-refractivity contribution in [2.24, 2.45) is 0 Å². The van der Waals surface area contributed by atoms with Crippen LogP contribution in [0.1, 0.15) is 24.0 Å². The highest BCUT2D eigenvalue weighted by atomic mass is 16.1. The van der Waals surface area contributed by atoms with Gasteiger partial charge in [0.1, 0.15) is 0 Å². The van der Waals surface area contributed by atoms with Gasteiger partial charge in [-0.1, -0.05) is 12.1 Å². The average molecular weight is 188 g/mol. The fraction of sp³-hybridized carbons (Fsp3) is 0.273. The lowest BCUT2D eigenvalue weighted by Crippen LogP contribution is -2.23. The molecule has 1 unspecified atom stereocenters. The minimum Gasteiger partial charge on any atom is -0.359 e. The van der Waals surface area contributed by atoms with Crippen molar-refractivity contribution in [3.63, 3.8) is 0 Å². The maximum atomic E-state index is 11.3. The predicted molar refractivity (Wildman–Crippen MR) is 53.6 cm³/mol. The fourth-order valence-corrected chi connectivity index (χ4v) is 1.25. The summed E-state index contributed by atoms with van der Waals surface area (Å²) in [5.41, 5.74) is 1.45. The Morgan fingerprint density at radius 2 is 2.29 bits per heavy atom. The first-order valence-electron chi connectivity index (χ1n) is 4.40. The van der Waals surface area contributed by atoms with Gasteiger partial charge in [-0.2, -0.15) is 5.26 Å². The van der Waals surface area contributed by atoms with E-state index in [4.69, 9.17) is 5.26 Å². The normalized spacial score (nSPS) is 11.5. The molecule has 1 amide bonds. The van der Waals surface area contributed by atoms with Crippen molar-refractivity contribution in [3.8, 4) is 6.07 Å². The molecule has 1 aromatic carbocycles. The molecule has 0 radical (unpaired) electrons. The van der Waals surface area contributed by atoms with Crippen LogP contribution in [0.4, 0.5) is 0 Å². The van der Waals surface area contributed by atoms with Gasteiger partial charge < -0.3 is 5.32 Å². The minimum atomic E-state index is -0.215. The summed E-state index contributed by atoms with van der Waals surface area (Å²) in [4.78, 5) is 11.3. The zero-order chi connectivity index (χ0) is 10.6. The highest BCUT2D eigenvalue weighted by Gasteiger charge is 2.13. The number of likely N-dealkylation sites (N-methyl/N-ethyl adjacent to an activating group) is 1. The topological polar surface area (TPSA) is 52.9 Å². The summed E-state index contributed by atoms with van der Waals surface area (Å²) in [6, 6.07) is 9.14.